The molecule has 1 fully saturated rings. The Morgan fingerprint density at radius 3 is 2.68 bits per heavy atom. The van der Waals surface area contributed by atoms with Crippen LogP contribution < -0.4 is 10.1 Å². The zero-order valence-electron chi connectivity index (χ0n) is 16.4. The molecule has 2 aliphatic carbocycles. The maximum Gasteiger partial charge on any atom is 0.142 e. The summed E-state index contributed by atoms with van der Waals surface area (Å²) in [5.74, 6) is 2.66. The number of benzene rings is 1. The van der Waals surface area contributed by atoms with E-state index in [4.69, 9.17) is 4.74 Å². The van der Waals surface area contributed by atoms with Crippen LogP contribution in [0.25, 0.3) is 10.2 Å². The van der Waals surface area contributed by atoms with Gasteiger partial charge in [-0.05, 0) is 80.7 Å². The smallest absolute Gasteiger partial charge is 0.142 e. The van der Waals surface area contributed by atoms with Crippen LogP contribution in [0.4, 0.5) is 11.5 Å². The summed E-state index contributed by atoms with van der Waals surface area (Å²) in [6.45, 7) is 2.34. The molecule has 1 aromatic carbocycles. The zero-order valence-corrected chi connectivity index (χ0v) is 17.2. The minimum Gasteiger partial charge on any atom is -0.490 e. The summed E-state index contributed by atoms with van der Waals surface area (Å²) in [5, 5.41) is 4.74. The van der Waals surface area contributed by atoms with Crippen molar-refractivity contribution < 1.29 is 4.74 Å². The van der Waals surface area contributed by atoms with Crippen molar-refractivity contribution in [3.05, 3.63) is 41.0 Å². The Bertz CT molecular complexity index is 960. The number of aryl methyl sites for hydroxylation is 1. The Balaban J connectivity index is 1.36. The molecule has 0 bridgehead atoms. The lowest BCUT2D eigenvalue weighted by atomic mass is 9.89. The van der Waals surface area contributed by atoms with Crippen LogP contribution in [-0.4, -0.2) is 16.1 Å². The molecule has 1 atom stereocenters. The van der Waals surface area contributed by atoms with Crippen molar-refractivity contribution in [3.63, 3.8) is 0 Å². The second-order valence-corrected chi connectivity index (χ2v) is 9.37. The standard InChI is InChI=1S/C23H27N3OS/c1-15-7-12-19-20(13-15)28-23-21(19)22(24-14-25-23)26-16-8-10-18(11-9-16)27-17-5-3-2-4-6-17/h8-11,14-15,17H,2-7,12-13H2,1H3,(H,24,25,26)/t15-/m0/s1. The molecule has 1 saturated carbocycles. The van der Waals surface area contributed by atoms with E-state index in [1.807, 2.05) is 11.3 Å². The largest absolute Gasteiger partial charge is 0.490 e. The normalized spacial score (nSPS) is 20.1. The van der Waals surface area contributed by atoms with Crippen LogP contribution in [0.15, 0.2) is 30.6 Å². The fourth-order valence-corrected chi connectivity index (χ4v) is 5.85. The average molecular weight is 394 g/mol. The molecule has 2 heterocycles. The Morgan fingerprint density at radius 2 is 1.86 bits per heavy atom. The second-order valence-electron chi connectivity index (χ2n) is 8.28. The lowest BCUT2D eigenvalue weighted by Gasteiger charge is -2.23. The number of nitrogens with one attached hydrogen (secondary N) is 1. The topological polar surface area (TPSA) is 47.0 Å². The van der Waals surface area contributed by atoms with Crippen LogP contribution in [0.2, 0.25) is 0 Å². The van der Waals surface area contributed by atoms with Crippen LogP contribution in [0, 0.1) is 5.92 Å². The van der Waals surface area contributed by atoms with Gasteiger partial charge in [-0.15, -0.1) is 11.3 Å². The van der Waals surface area contributed by atoms with Gasteiger partial charge >= 0.3 is 0 Å². The monoisotopic (exact) mass is 393 g/mol. The van der Waals surface area contributed by atoms with Crippen LogP contribution in [0.3, 0.4) is 0 Å². The second kappa shape index (κ2) is 7.70. The number of hydrogen-bond donors (Lipinski definition) is 1. The maximum atomic E-state index is 6.15. The molecule has 28 heavy (non-hydrogen) atoms. The Hall–Kier alpha value is -2.14. The molecule has 0 amide bonds. The van der Waals surface area contributed by atoms with E-state index < -0.39 is 0 Å². The van der Waals surface area contributed by atoms with E-state index in [0.29, 0.717) is 6.10 Å². The summed E-state index contributed by atoms with van der Waals surface area (Å²) in [5.41, 5.74) is 2.50. The molecule has 5 rings (SSSR count). The summed E-state index contributed by atoms with van der Waals surface area (Å²) in [6, 6.07) is 8.32. The molecule has 5 heteroatoms. The van der Waals surface area contributed by atoms with E-state index in [1.54, 1.807) is 6.33 Å². The maximum absolute atomic E-state index is 6.15. The quantitative estimate of drug-likeness (QED) is 0.567. The van der Waals surface area contributed by atoms with Gasteiger partial charge in [0.05, 0.1) is 11.5 Å². The first-order valence-electron chi connectivity index (χ1n) is 10.6. The SMILES string of the molecule is C[C@H]1CCc2c(sc3ncnc(Nc4ccc(OC5CCCCC5)cc4)c23)C1. The molecule has 3 aromatic rings. The lowest BCUT2D eigenvalue weighted by Crippen LogP contribution is -2.19. The van der Waals surface area contributed by atoms with Gasteiger partial charge in [0, 0.05) is 10.6 Å². The van der Waals surface area contributed by atoms with Crippen LogP contribution in [0.5, 0.6) is 5.75 Å². The molecule has 2 aromatic heterocycles. The van der Waals surface area contributed by atoms with Gasteiger partial charge in [-0.25, -0.2) is 9.97 Å². The molecule has 0 radical (unpaired) electrons. The molecule has 0 unspecified atom stereocenters. The van der Waals surface area contributed by atoms with E-state index in [2.05, 4.69) is 46.5 Å². The number of rotatable bonds is 4. The number of anilines is 2. The molecule has 0 saturated heterocycles. The highest BCUT2D eigenvalue weighted by Crippen LogP contribution is 2.40. The third-order valence-corrected chi connectivity index (χ3v) is 7.23. The Kier molecular flexibility index (Phi) is 4.93. The summed E-state index contributed by atoms with van der Waals surface area (Å²) in [6.07, 6.45) is 11.9. The van der Waals surface area contributed by atoms with Gasteiger partial charge in [0.2, 0.25) is 0 Å². The number of fused-ring (bicyclic) bond motifs is 3. The first kappa shape index (κ1) is 17.9. The number of aromatic nitrogens is 2. The van der Waals surface area contributed by atoms with Gasteiger partial charge in [-0.2, -0.15) is 0 Å². The fourth-order valence-electron chi connectivity index (χ4n) is 4.50. The average Bonchev–Trinajstić information content (AvgIpc) is 3.08. The number of nitrogens with zero attached hydrogens (tertiary/aromatic N) is 2. The highest BCUT2D eigenvalue weighted by Gasteiger charge is 2.23. The molecule has 2 aliphatic rings. The summed E-state index contributed by atoms with van der Waals surface area (Å²) < 4.78 is 6.15. The van der Waals surface area contributed by atoms with Gasteiger partial charge < -0.3 is 10.1 Å². The summed E-state index contributed by atoms with van der Waals surface area (Å²) in [4.78, 5) is 11.7. The number of ether oxygens (including phenoxy) is 1. The van der Waals surface area contributed by atoms with Gasteiger partial charge in [0.25, 0.3) is 0 Å². The highest BCUT2D eigenvalue weighted by molar-refractivity contribution is 7.19. The van der Waals surface area contributed by atoms with Gasteiger partial charge in [-0.1, -0.05) is 13.3 Å². The van der Waals surface area contributed by atoms with Crippen molar-refractivity contribution >= 4 is 33.1 Å². The van der Waals surface area contributed by atoms with Crippen molar-refractivity contribution in [2.45, 2.75) is 64.4 Å². The first-order chi connectivity index (χ1) is 13.8. The van der Waals surface area contributed by atoms with Crippen molar-refractivity contribution in [3.8, 4) is 5.75 Å². The van der Waals surface area contributed by atoms with Crippen molar-refractivity contribution in [1.29, 1.82) is 0 Å². The molecule has 4 nitrogen and oxygen atoms in total. The summed E-state index contributed by atoms with van der Waals surface area (Å²) >= 11 is 1.84. The predicted molar refractivity (Wildman–Crippen MR) is 116 cm³/mol. The molecule has 0 aliphatic heterocycles. The van der Waals surface area contributed by atoms with E-state index in [-0.39, 0.29) is 0 Å². The number of hydrogen-bond acceptors (Lipinski definition) is 5. The van der Waals surface area contributed by atoms with Crippen molar-refractivity contribution in [2.75, 3.05) is 5.32 Å². The Labute approximate surface area is 170 Å². The van der Waals surface area contributed by atoms with Crippen LogP contribution in [-0.2, 0) is 12.8 Å². The summed E-state index contributed by atoms with van der Waals surface area (Å²) in [7, 11) is 0. The van der Waals surface area contributed by atoms with Gasteiger partial charge in [-0.3, -0.25) is 0 Å². The van der Waals surface area contributed by atoms with E-state index in [1.165, 1.54) is 60.8 Å². The van der Waals surface area contributed by atoms with Gasteiger partial charge in [0.15, 0.2) is 0 Å². The predicted octanol–water partition coefficient (Wildman–Crippen LogP) is 6.27. The molecule has 146 valence electrons. The van der Waals surface area contributed by atoms with E-state index in [0.717, 1.165) is 34.4 Å². The van der Waals surface area contributed by atoms with Crippen LogP contribution in [0.1, 0.15) is 55.9 Å². The molecule has 0 spiro atoms. The minimum absolute atomic E-state index is 0.383. The van der Waals surface area contributed by atoms with E-state index in [9.17, 15) is 0 Å². The van der Waals surface area contributed by atoms with Gasteiger partial charge in [0.1, 0.15) is 22.7 Å². The number of thiophene rings is 1. The Morgan fingerprint density at radius 1 is 1.04 bits per heavy atom. The van der Waals surface area contributed by atoms with E-state index >= 15 is 0 Å². The first-order valence-corrected chi connectivity index (χ1v) is 11.4. The molecular formula is C23H27N3OS. The van der Waals surface area contributed by atoms with Crippen molar-refractivity contribution in [1.82, 2.24) is 9.97 Å². The molecular weight excluding hydrogens is 366 g/mol. The third kappa shape index (κ3) is 3.60. The lowest BCUT2D eigenvalue weighted by molar-refractivity contribution is 0.155. The fraction of sp³-hybridized carbons (Fsp3) is 0.478. The zero-order chi connectivity index (χ0) is 18.9. The highest BCUT2D eigenvalue weighted by atomic mass is 32.1. The van der Waals surface area contributed by atoms with Crippen molar-refractivity contribution in [2.24, 2.45) is 5.92 Å². The van der Waals surface area contributed by atoms with Crippen LogP contribution >= 0.6 is 11.3 Å². The third-order valence-electron chi connectivity index (χ3n) is 6.06. The minimum atomic E-state index is 0.383. The molecule has 1 N–H and O–H groups in total.